The van der Waals surface area contributed by atoms with Gasteiger partial charge in [-0.3, -0.25) is 14.1 Å². The van der Waals surface area contributed by atoms with Crippen LogP contribution in [0.25, 0.3) is 0 Å². The standard InChI is InChI=1S/C8H6F8O7S/c9-5(10)6(11,12)22-3(17)1-2-4(18)23-7(13,14)8(15,16)24(19,20)21/h5H,1-2H2,(H,19,20,21). The molecule has 0 amide bonds. The van der Waals surface area contributed by atoms with Gasteiger partial charge in [-0.05, 0) is 0 Å². The Labute approximate surface area is 127 Å². The molecule has 0 aliphatic carbocycles. The van der Waals surface area contributed by atoms with E-state index >= 15 is 0 Å². The average Bonchev–Trinajstić information content (AvgIpc) is 2.33. The molecular formula is C8H6F8O7S. The molecule has 0 aliphatic heterocycles. The maximum atomic E-state index is 12.8. The van der Waals surface area contributed by atoms with E-state index in [4.69, 9.17) is 4.55 Å². The van der Waals surface area contributed by atoms with Crippen LogP contribution < -0.4 is 0 Å². The fraction of sp³-hybridized carbons (Fsp3) is 0.750. The number of rotatable bonds is 8. The van der Waals surface area contributed by atoms with Gasteiger partial charge in [0.25, 0.3) is 0 Å². The Hall–Kier alpha value is -1.71. The van der Waals surface area contributed by atoms with Crippen LogP contribution in [-0.2, 0) is 29.2 Å². The van der Waals surface area contributed by atoms with Crippen LogP contribution in [0.15, 0.2) is 0 Å². The van der Waals surface area contributed by atoms with Gasteiger partial charge >= 0.3 is 46.0 Å². The highest BCUT2D eigenvalue weighted by Crippen LogP contribution is 2.39. The maximum Gasteiger partial charge on any atom is 0.485 e. The van der Waals surface area contributed by atoms with Crippen molar-refractivity contribution >= 4 is 22.1 Å². The highest BCUT2D eigenvalue weighted by Gasteiger charge is 2.69. The van der Waals surface area contributed by atoms with Crippen molar-refractivity contribution in [1.29, 1.82) is 0 Å². The summed E-state index contributed by atoms with van der Waals surface area (Å²) in [6.07, 6.45) is -19.0. The maximum absolute atomic E-state index is 12.8. The summed E-state index contributed by atoms with van der Waals surface area (Å²) in [7, 11) is -6.71. The number of hydrogen-bond donors (Lipinski definition) is 1. The van der Waals surface area contributed by atoms with Gasteiger partial charge in [-0.2, -0.15) is 43.5 Å². The van der Waals surface area contributed by atoms with E-state index in [1.807, 2.05) is 0 Å². The van der Waals surface area contributed by atoms with Crippen LogP contribution in [0.1, 0.15) is 12.8 Å². The van der Waals surface area contributed by atoms with Crippen molar-refractivity contribution in [3.05, 3.63) is 0 Å². The van der Waals surface area contributed by atoms with Gasteiger partial charge in [-0.1, -0.05) is 0 Å². The first-order valence-corrected chi connectivity index (χ1v) is 6.70. The number of esters is 2. The van der Waals surface area contributed by atoms with E-state index in [1.54, 1.807) is 0 Å². The van der Waals surface area contributed by atoms with Crippen molar-refractivity contribution in [2.24, 2.45) is 0 Å². The van der Waals surface area contributed by atoms with Crippen molar-refractivity contribution in [1.82, 2.24) is 0 Å². The normalized spacial score (nSPS) is 13.8. The average molecular weight is 398 g/mol. The Morgan fingerprint density at radius 2 is 1.29 bits per heavy atom. The molecule has 7 nitrogen and oxygen atoms in total. The van der Waals surface area contributed by atoms with E-state index in [2.05, 4.69) is 9.47 Å². The molecule has 0 bridgehead atoms. The van der Waals surface area contributed by atoms with Gasteiger partial charge < -0.3 is 9.47 Å². The Morgan fingerprint density at radius 1 is 0.917 bits per heavy atom. The molecule has 142 valence electrons. The molecule has 0 saturated carbocycles. The molecule has 0 atom stereocenters. The first-order valence-electron chi connectivity index (χ1n) is 5.26. The Balaban J connectivity index is 4.75. The number of carbonyl (C=O) groups is 2. The van der Waals surface area contributed by atoms with E-state index < -0.39 is 58.8 Å². The minimum Gasteiger partial charge on any atom is -0.396 e. The molecule has 0 rings (SSSR count). The second-order valence-electron chi connectivity index (χ2n) is 3.82. The number of carbonyl (C=O) groups excluding carboxylic acids is 2. The quantitative estimate of drug-likeness (QED) is 0.377. The zero-order valence-corrected chi connectivity index (χ0v) is 11.6. The molecule has 0 aromatic heterocycles. The summed E-state index contributed by atoms with van der Waals surface area (Å²) in [6.45, 7) is 0. The first-order chi connectivity index (χ1) is 10.4. The van der Waals surface area contributed by atoms with Crippen LogP contribution >= 0.6 is 0 Å². The third-order valence-corrected chi connectivity index (χ3v) is 2.83. The summed E-state index contributed by atoms with van der Waals surface area (Å²) < 4.78 is 132. The Kier molecular flexibility index (Phi) is 6.54. The molecule has 0 radical (unpaired) electrons. The van der Waals surface area contributed by atoms with Crippen molar-refractivity contribution in [3.8, 4) is 0 Å². The lowest BCUT2D eigenvalue weighted by Gasteiger charge is -2.22. The van der Waals surface area contributed by atoms with E-state index in [0.717, 1.165) is 0 Å². The predicted molar refractivity (Wildman–Crippen MR) is 53.8 cm³/mol. The van der Waals surface area contributed by atoms with Gasteiger partial charge in [0.2, 0.25) is 0 Å². The van der Waals surface area contributed by atoms with Gasteiger partial charge in [0.15, 0.2) is 0 Å². The lowest BCUT2D eigenvalue weighted by molar-refractivity contribution is -0.302. The van der Waals surface area contributed by atoms with Gasteiger partial charge in [0.1, 0.15) is 0 Å². The van der Waals surface area contributed by atoms with Crippen LogP contribution in [-0.4, -0.2) is 48.8 Å². The zero-order chi connectivity index (χ0) is 19.6. The Morgan fingerprint density at radius 3 is 1.62 bits per heavy atom. The molecule has 0 aromatic carbocycles. The van der Waals surface area contributed by atoms with Crippen molar-refractivity contribution in [3.63, 3.8) is 0 Å². The zero-order valence-electron chi connectivity index (χ0n) is 10.8. The van der Waals surface area contributed by atoms with Gasteiger partial charge in [-0.25, -0.2) is 0 Å². The third kappa shape index (κ3) is 5.43. The van der Waals surface area contributed by atoms with E-state index in [9.17, 15) is 53.1 Å². The number of ether oxygens (including phenoxy) is 2. The molecule has 0 spiro atoms. The summed E-state index contributed by atoms with van der Waals surface area (Å²) in [6, 6.07) is 0. The fourth-order valence-corrected chi connectivity index (χ4v) is 1.20. The number of halogens is 8. The van der Waals surface area contributed by atoms with Gasteiger partial charge in [0, 0.05) is 0 Å². The van der Waals surface area contributed by atoms with Crippen molar-refractivity contribution in [2.75, 3.05) is 0 Å². The molecule has 0 fully saturated rings. The molecule has 24 heavy (non-hydrogen) atoms. The second kappa shape index (κ2) is 7.04. The summed E-state index contributed by atoms with van der Waals surface area (Å²) in [5.41, 5.74) is 0. The van der Waals surface area contributed by atoms with Gasteiger partial charge in [0.05, 0.1) is 12.8 Å². The highest BCUT2D eigenvalue weighted by atomic mass is 32.2. The van der Waals surface area contributed by atoms with E-state index in [-0.39, 0.29) is 0 Å². The molecule has 16 heteroatoms. The molecule has 0 saturated heterocycles. The summed E-state index contributed by atoms with van der Waals surface area (Å²) in [5.74, 6) is -4.59. The molecular weight excluding hydrogens is 392 g/mol. The minimum atomic E-state index is -6.71. The first kappa shape index (κ1) is 22.3. The van der Waals surface area contributed by atoms with Crippen molar-refractivity contribution < 1.29 is 67.2 Å². The summed E-state index contributed by atoms with van der Waals surface area (Å²) in [4.78, 5) is 21.5. The lowest BCUT2D eigenvalue weighted by atomic mass is 10.3. The van der Waals surface area contributed by atoms with E-state index in [1.165, 1.54) is 0 Å². The minimum absolute atomic E-state index is 1.56. The smallest absolute Gasteiger partial charge is 0.396 e. The number of hydrogen-bond acceptors (Lipinski definition) is 6. The van der Waals surface area contributed by atoms with Crippen LogP contribution in [0.2, 0.25) is 0 Å². The molecule has 0 unspecified atom stereocenters. The summed E-state index contributed by atoms with van der Waals surface area (Å²) in [5, 5.41) is -6.25. The monoisotopic (exact) mass is 398 g/mol. The van der Waals surface area contributed by atoms with E-state index in [0.29, 0.717) is 0 Å². The SMILES string of the molecule is O=C(CCC(=O)OC(F)(F)C(F)(F)S(=O)(=O)O)OC(F)(F)C(F)F. The molecule has 1 N–H and O–H groups in total. The molecule has 0 aromatic rings. The largest absolute Gasteiger partial charge is 0.485 e. The van der Waals surface area contributed by atoms with Crippen LogP contribution in [0, 0.1) is 0 Å². The topological polar surface area (TPSA) is 107 Å². The molecule has 0 heterocycles. The Bertz CT molecular complexity index is 587. The lowest BCUT2D eigenvalue weighted by Crippen LogP contribution is -2.49. The van der Waals surface area contributed by atoms with Gasteiger partial charge in [-0.15, -0.1) is 0 Å². The second-order valence-corrected chi connectivity index (χ2v) is 5.28. The van der Waals surface area contributed by atoms with Crippen LogP contribution in [0.5, 0.6) is 0 Å². The van der Waals surface area contributed by atoms with Crippen LogP contribution in [0.3, 0.4) is 0 Å². The molecule has 0 aliphatic rings. The van der Waals surface area contributed by atoms with Crippen molar-refractivity contribution in [2.45, 2.75) is 36.7 Å². The predicted octanol–water partition coefficient (Wildman–Crippen LogP) is 1.78. The summed E-state index contributed by atoms with van der Waals surface area (Å²) >= 11 is 0. The number of alkyl halides is 8. The third-order valence-electron chi connectivity index (χ3n) is 1.94. The highest BCUT2D eigenvalue weighted by molar-refractivity contribution is 7.86. The van der Waals surface area contributed by atoms with Crippen LogP contribution in [0.4, 0.5) is 35.1 Å². The fourth-order valence-electron chi connectivity index (χ4n) is 0.855.